The van der Waals surface area contributed by atoms with Gasteiger partial charge < -0.3 is 5.32 Å². The predicted octanol–water partition coefficient (Wildman–Crippen LogP) is 2.25. The van der Waals surface area contributed by atoms with E-state index in [4.69, 9.17) is 0 Å². The van der Waals surface area contributed by atoms with E-state index in [2.05, 4.69) is 10.3 Å². The summed E-state index contributed by atoms with van der Waals surface area (Å²) in [5, 5.41) is 3.31. The summed E-state index contributed by atoms with van der Waals surface area (Å²) in [5.74, 6) is 0.158. The van der Waals surface area contributed by atoms with E-state index in [1.54, 1.807) is 29.0 Å². The molecular weight excluding hydrogens is 295 g/mol. The van der Waals surface area contributed by atoms with Gasteiger partial charge in [-0.25, -0.2) is 18.7 Å². The molecule has 2 aromatic heterocycles. The maximum atomic E-state index is 13.8. The molecule has 0 radical (unpaired) electrons. The molecule has 3 aromatic rings. The lowest BCUT2D eigenvalue weighted by molar-refractivity contribution is 0.367. The van der Waals surface area contributed by atoms with Crippen molar-refractivity contribution in [3.05, 3.63) is 58.9 Å². The summed E-state index contributed by atoms with van der Waals surface area (Å²) in [6, 6.07) is 10.0. The standard InChI is InChI=1S/C17H17FN4O/c18-12-4-5-14-15(11-12)22(16-3-1-2-8-20-16)17(23)21(14)13-6-9-19-10-7-13/h1-5,8,11,13,19H,6-7,9-10H2. The molecule has 5 nitrogen and oxygen atoms in total. The molecule has 4 rings (SSSR count). The second-order valence-electron chi connectivity index (χ2n) is 5.79. The zero-order valence-electron chi connectivity index (χ0n) is 12.6. The van der Waals surface area contributed by atoms with Gasteiger partial charge in [0.25, 0.3) is 0 Å². The first-order valence-corrected chi connectivity index (χ1v) is 7.80. The molecule has 3 heterocycles. The fourth-order valence-electron chi connectivity index (χ4n) is 3.32. The molecule has 23 heavy (non-hydrogen) atoms. The first kappa shape index (κ1) is 14.1. The van der Waals surface area contributed by atoms with E-state index in [-0.39, 0.29) is 17.5 Å². The highest BCUT2D eigenvalue weighted by Gasteiger charge is 2.23. The molecule has 0 atom stereocenters. The Bertz CT molecular complexity index is 894. The van der Waals surface area contributed by atoms with Crippen molar-refractivity contribution in [1.82, 2.24) is 19.4 Å². The van der Waals surface area contributed by atoms with Gasteiger partial charge in [0.15, 0.2) is 0 Å². The molecule has 0 saturated carbocycles. The van der Waals surface area contributed by atoms with Crippen LogP contribution in [-0.4, -0.2) is 27.2 Å². The maximum absolute atomic E-state index is 13.8. The minimum absolute atomic E-state index is 0.127. The normalized spacial score (nSPS) is 16.0. The van der Waals surface area contributed by atoms with Crippen LogP contribution in [0, 0.1) is 5.82 Å². The maximum Gasteiger partial charge on any atom is 0.335 e. The topological polar surface area (TPSA) is 51.9 Å². The van der Waals surface area contributed by atoms with Crippen molar-refractivity contribution in [1.29, 1.82) is 0 Å². The van der Waals surface area contributed by atoms with E-state index >= 15 is 0 Å². The van der Waals surface area contributed by atoms with Crippen LogP contribution in [0.15, 0.2) is 47.4 Å². The summed E-state index contributed by atoms with van der Waals surface area (Å²) in [5.41, 5.74) is 1.16. The number of hydrogen-bond acceptors (Lipinski definition) is 3. The second kappa shape index (κ2) is 5.62. The van der Waals surface area contributed by atoms with Gasteiger partial charge in [-0.15, -0.1) is 0 Å². The molecule has 0 unspecified atom stereocenters. The molecule has 1 aliphatic rings. The van der Waals surface area contributed by atoms with Crippen LogP contribution in [0.25, 0.3) is 16.9 Å². The quantitative estimate of drug-likeness (QED) is 0.789. The van der Waals surface area contributed by atoms with Gasteiger partial charge in [-0.3, -0.25) is 4.57 Å². The fourth-order valence-corrected chi connectivity index (χ4v) is 3.32. The minimum atomic E-state index is -0.357. The largest absolute Gasteiger partial charge is 0.335 e. The summed E-state index contributed by atoms with van der Waals surface area (Å²) >= 11 is 0. The van der Waals surface area contributed by atoms with Crippen molar-refractivity contribution in [3.63, 3.8) is 0 Å². The van der Waals surface area contributed by atoms with Gasteiger partial charge in [-0.2, -0.15) is 0 Å². The van der Waals surface area contributed by atoms with Crippen molar-refractivity contribution < 1.29 is 4.39 Å². The first-order valence-electron chi connectivity index (χ1n) is 7.80. The van der Waals surface area contributed by atoms with Gasteiger partial charge in [-0.1, -0.05) is 6.07 Å². The fraction of sp³-hybridized carbons (Fsp3) is 0.294. The average molecular weight is 312 g/mol. The molecule has 118 valence electrons. The predicted molar refractivity (Wildman–Crippen MR) is 86.4 cm³/mol. The molecule has 1 N–H and O–H groups in total. The lowest BCUT2D eigenvalue weighted by atomic mass is 10.1. The van der Waals surface area contributed by atoms with Crippen LogP contribution < -0.4 is 11.0 Å². The third-order valence-electron chi connectivity index (χ3n) is 4.39. The highest BCUT2D eigenvalue weighted by molar-refractivity contribution is 5.78. The molecule has 0 amide bonds. The van der Waals surface area contributed by atoms with Crippen molar-refractivity contribution in [2.45, 2.75) is 18.9 Å². The summed E-state index contributed by atoms with van der Waals surface area (Å²) in [4.78, 5) is 17.3. The van der Waals surface area contributed by atoms with Crippen molar-refractivity contribution in [3.8, 4) is 5.82 Å². The van der Waals surface area contributed by atoms with Crippen molar-refractivity contribution >= 4 is 11.0 Å². The van der Waals surface area contributed by atoms with E-state index in [9.17, 15) is 9.18 Å². The van der Waals surface area contributed by atoms with Crippen LogP contribution in [0.5, 0.6) is 0 Å². The Morgan fingerprint density at radius 1 is 1.13 bits per heavy atom. The third-order valence-corrected chi connectivity index (χ3v) is 4.39. The molecule has 0 aliphatic carbocycles. The van der Waals surface area contributed by atoms with E-state index < -0.39 is 0 Å². The average Bonchev–Trinajstić information content (AvgIpc) is 2.87. The Kier molecular flexibility index (Phi) is 3.46. The number of halogens is 1. The minimum Gasteiger partial charge on any atom is -0.317 e. The van der Waals surface area contributed by atoms with Gasteiger partial charge in [-0.05, 0) is 50.2 Å². The zero-order valence-corrected chi connectivity index (χ0v) is 12.6. The molecule has 1 aromatic carbocycles. The van der Waals surface area contributed by atoms with Crippen LogP contribution in [-0.2, 0) is 0 Å². The Hall–Kier alpha value is -2.47. The highest BCUT2D eigenvalue weighted by atomic mass is 19.1. The van der Waals surface area contributed by atoms with E-state index in [1.807, 2.05) is 6.07 Å². The van der Waals surface area contributed by atoms with Crippen LogP contribution >= 0.6 is 0 Å². The van der Waals surface area contributed by atoms with E-state index in [0.29, 0.717) is 11.3 Å². The molecule has 0 bridgehead atoms. The van der Waals surface area contributed by atoms with Gasteiger partial charge in [0.1, 0.15) is 11.6 Å². The Labute approximate surface area is 132 Å². The van der Waals surface area contributed by atoms with Crippen LogP contribution in [0.4, 0.5) is 4.39 Å². The van der Waals surface area contributed by atoms with E-state index in [1.165, 1.54) is 16.7 Å². The lowest BCUT2D eigenvalue weighted by Gasteiger charge is -2.23. The van der Waals surface area contributed by atoms with Crippen LogP contribution in [0.2, 0.25) is 0 Å². The number of fused-ring (bicyclic) bond motifs is 1. The number of rotatable bonds is 2. The van der Waals surface area contributed by atoms with Gasteiger partial charge in [0.2, 0.25) is 0 Å². The Morgan fingerprint density at radius 2 is 1.96 bits per heavy atom. The molecule has 1 aliphatic heterocycles. The number of hydrogen-bond donors (Lipinski definition) is 1. The van der Waals surface area contributed by atoms with Crippen molar-refractivity contribution in [2.24, 2.45) is 0 Å². The molecular formula is C17H17FN4O. The summed E-state index contributed by atoms with van der Waals surface area (Å²) in [7, 11) is 0. The summed E-state index contributed by atoms with van der Waals surface area (Å²) < 4.78 is 17.1. The van der Waals surface area contributed by atoms with Gasteiger partial charge in [0.05, 0.1) is 11.0 Å². The number of aromatic nitrogens is 3. The lowest BCUT2D eigenvalue weighted by Crippen LogP contribution is -2.34. The molecule has 1 saturated heterocycles. The smallest absolute Gasteiger partial charge is 0.317 e. The molecule has 0 spiro atoms. The van der Waals surface area contributed by atoms with Crippen molar-refractivity contribution in [2.75, 3.05) is 13.1 Å². The number of pyridine rings is 1. The third kappa shape index (κ3) is 2.35. The Balaban J connectivity index is 2.01. The monoisotopic (exact) mass is 312 g/mol. The summed E-state index contributed by atoms with van der Waals surface area (Å²) in [6.07, 6.45) is 3.41. The van der Waals surface area contributed by atoms with Gasteiger partial charge >= 0.3 is 5.69 Å². The van der Waals surface area contributed by atoms with Crippen LogP contribution in [0.1, 0.15) is 18.9 Å². The molecule has 6 heteroatoms. The highest BCUT2D eigenvalue weighted by Crippen LogP contribution is 2.25. The van der Waals surface area contributed by atoms with Crippen LogP contribution in [0.3, 0.4) is 0 Å². The Morgan fingerprint density at radius 3 is 2.70 bits per heavy atom. The molecule has 1 fully saturated rings. The number of nitrogens with zero attached hydrogens (tertiary/aromatic N) is 3. The number of piperidine rings is 1. The zero-order chi connectivity index (χ0) is 15.8. The summed E-state index contributed by atoms with van der Waals surface area (Å²) in [6.45, 7) is 1.77. The number of imidazole rings is 1. The second-order valence-corrected chi connectivity index (χ2v) is 5.79. The number of benzene rings is 1. The van der Waals surface area contributed by atoms with Gasteiger partial charge in [0, 0.05) is 18.3 Å². The SMILES string of the molecule is O=c1n(-c2ccccn2)c2cc(F)ccc2n1C1CCNCC1. The first-order chi connectivity index (χ1) is 11.3. The van der Waals surface area contributed by atoms with E-state index in [0.717, 1.165) is 31.4 Å². The number of nitrogens with one attached hydrogen (secondary N) is 1.